The van der Waals surface area contributed by atoms with E-state index in [-0.39, 0.29) is 24.8 Å². The van der Waals surface area contributed by atoms with Crippen molar-refractivity contribution in [1.82, 2.24) is 19.7 Å². The number of pyridine rings is 1. The van der Waals surface area contributed by atoms with Gasteiger partial charge in [-0.25, -0.2) is 4.98 Å². The monoisotopic (exact) mass is 403 g/mol. The predicted octanol–water partition coefficient (Wildman–Crippen LogP) is 4.29. The smallest absolute Gasteiger partial charge is 0.160 e. The lowest BCUT2D eigenvalue weighted by molar-refractivity contribution is 0.405. The van der Waals surface area contributed by atoms with Crippen LogP contribution in [0.15, 0.2) is 18.2 Å². The summed E-state index contributed by atoms with van der Waals surface area (Å²) >= 11 is 6.14. The van der Waals surface area contributed by atoms with E-state index >= 15 is 0 Å². The highest BCUT2D eigenvalue weighted by Gasteiger charge is 2.15. The second-order valence-electron chi connectivity index (χ2n) is 6.14. The van der Waals surface area contributed by atoms with E-state index in [1.165, 1.54) is 0 Å². The van der Waals surface area contributed by atoms with Crippen LogP contribution in [0.25, 0.3) is 21.9 Å². The molecule has 138 valence electrons. The van der Waals surface area contributed by atoms with Gasteiger partial charge in [-0.1, -0.05) is 11.6 Å². The van der Waals surface area contributed by atoms with Crippen molar-refractivity contribution in [3.05, 3.63) is 28.9 Å². The molecule has 0 spiro atoms. The van der Waals surface area contributed by atoms with Crippen LogP contribution in [-0.2, 0) is 7.05 Å². The number of halogens is 3. The molecule has 0 atom stereocenters. The molecule has 0 saturated heterocycles. The molecule has 3 rings (SSSR count). The predicted molar refractivity (Wildman–Crippen MR) is 112 cm³/mol. The van der Waals surface area contributed by atoms with Gasteiger partial charge in [0.1, 0.15) is 0 Å². The molecule has 3 aromatic rings. The zero-order valence-electron chi connectivity index (χ0n) is 14.8. The molecule has 0 fully saturated rings. The van der Waals surface area contributed by atoms with Crippen molar-refractivity contribution in [2.24, 2.45) is 7.05 Å². The molecule has 0 bridgehead atoms. The Morgan fingerprint density at radius 3 is 2.64 bits per heavy atom. The van der Waals surface area contributed by atoms with Crippen molar-refractivity contribution < 1.29 is 0 Å². The Hall–Kier alpha value is -1.27. The number of fused-ring (bicyclic) bond motifs is 2. The zero-order valence-corrected chi connectivity index (χ0v) is 17.2. The number of nitrogens with zero attached hydrogens (tertiary/aromatic N) is 4. The van der Waals surface area contributed by atoms with Crippen LogP contribution in [0.4, 0.5) is 5.69 Å². The van der Waals surface area contributed by atoms with E-state index < -0.39 is 0 Å². The van der Waals surface area contributed by atoms with E-state index in [1.807, 2.05) is 36.9 Å². The normalized spacial score (nSPS) is 10.8. The van der Waals surface area contributed by atoms with Crippen molar-refractivity contribution in [1.29, 1.82) is 0 Å². The minimum absolute atomic E-state index is 0. The maximum Gasteiger partial charge on any atom is 0.160 e. The fourth-order valence-electron chi connectivity index (χ4n) is 2.92. The third-order valence-corrected chi connectivity index (χ3v) is 4.22. The van der Waals surface area contributed by atoms with E-state index in [2.05, 4.69) is 29.4 Å². The van der Waals surface area contributed by atoms with Gasteiger partial charge in [-0.15, -0.1) is 24.8 Å². The Kier molecular flexibility index (Phi) is 7.75. The Bertz CT molecular complexity index is 860. The van der Waals surface area contributed by atoms with Gasteiger partial charge in [-0.05, 0) is 52.2 Å². The third kappa shape index (κ3) is 4.47. The minimum atomic E-state index is 0. The summed E-state index contributed by atoms with van der Waals surface area (Å²) in [5, 5.41) is 11.0. The average molecular weight is 405 g/mol. The molecule has 2 heterocycles. The average Bonchev–Trinajstić information content (AvgIpc) is 2.76. The number of aryl methyl sites for hydroxylation is 2. The summed E-state index contributed by atoms with van der Waals surface area (Å²) in [5.74, 6) is 0. The number of hydrogen-bond acceptors (Lipinski definition) is 4. The molecule has 0 radical (unpaired) electrons. The first kappa shape index (κ1) is 21.8. The fraction of sp³-hybridized carbons (Fsp3) is 0.412. The highest BCUT2D eigenvalue weighted by atomic mass is 35.5. The van der Waals surface area contributed by atoms with Crippen LogP contribution in [0.3, 0.4) is 0 Å². The molecule has 0 aliphatic rings. The number of hydrogen-bond donors (Lipinski definition) is 1. The molecule has 25 heavy (non-hydrogen) atoms. The summed E-state index contributed by atoms with van der Waals surface area (Å²) in [5.41, 5.74) is 3.86. The maximum absolute atomic E-state index is 6.14. The maximum atomic E-state index is 6.14. The number of benzene rings is 1. The highest BCUT2D eigenvalue weighted by molar-refractivity contribution is 6.31. The molecular formula is C17H24Cl3N5. The van der Waals surface area contributed by atoms with Gasteiger partial charge in [0.25, 0.3) is 0 Å². The summed E-state index contributed by atoms with van der Waals surface area (Å²) in [6.45, 7) is 3.98. The Morgan fingerprint density at radius 1 is 1.24 bits per heavy atom. The van der Waals surface area contributed by atoms with E-state index in [9.17, 15) is 0 Å². The summed E-state index contributed by atoms with van der Waals surface area (Å²) in [7, 11) is 6.11. The number of rotatable bonds is 5. The van der Waals surface area contributed by atoms with Crippen molar-refractivity contribution in [2.75, 3.05) is 32.5 Å². The van der Waals surface area contributed by atoms with E-state index in [0.29, 0.717) is 5.02 Å². The van der Waals surface area contributed by atoms with E-state index in [1.54, 1.807) is 0 Å². The van der Waals surface area contributed by atoms with Gasteiger partial charge in [0.15, 0.2) is 5.65 Å². The van der Waals surface area contributed by atoms with Crippen molar-refractivity contribution in [3.8, 4) is 0 Å². The molecule has 1 N–H and O–H groups in total. The first-order valence-corrected chi connectivity index (χ1v) is 8.16. The van der Waals surface area contributed by atoms with Crippen LogP contribution >= 0.6 is 36.4 Å². The second-order valence-corrected chi connectivity index (χ2v) is 6.58. The van der Waals surface area contributed by atoms with Gasteiger partial charge in [0, 0.05) is 24.0 Å². The molecule has 0 saturated carbocycles. The molecule has 2 aromatic heterocycles. The van der Waals surface area contributed by atoms with Gasteiger partial charge in [-0.2, -0.15) is 5.10 Å². The molecule has 0 aliphatic carbocycles. The summed E-state index contributed by atoms with van der Waals surface area (Å²) in [6.07, 6.45) is 1.07. The molecule has 0 aliphatic heterocycles. The van der Waals surface area contributed by atoms with Crippen LogP contribution in [0.2, 0.25) is 5.02 Å². The van der Waals surface area contributed by atoms with Crippen molar-refractivity contribution in [2.45, 2.75) is 13.3 Å². The third-order valence-electron chi connectivity index (χ3n) is 3.98. The zero-order chi connectivity index (χ0) is 16.6. The molecule has 8 heteroatoms. The Morgan fingerprint density at radius 2 is 1.96 bits per heavy atom. The first-order chi connectivity index (χ1) is 11.0. The van der Waals surface area contributed by atoms with Crippen LogP contribution in [0.1, 0.15) is 12.1 Å². The van der Waals surface area contributed by atoms with Crippen LogP contribution < -0.4 is 5.32 Å². The molecule has 5 nitrogen and oxygen atoms in total. The standard InChI is InChI=1S/C17H22ClN5.2ClH/c1-11-15-16(19-8-5-9-22(2)3)13-7-6-12(18)10-14(13)20-17(15)23(4)21-11;;/h6-7,10H,5,8-9H2,1-4H3,(H,19,20);2*1H. The minimum Gasteiger partial charge on any atom is -0.384 e. The first-order valence-electron chi connectivity index (χ1n) is 7.78. The summed E-state index contributed by atoms with van der Waals surface area (Å²) in [4.78, 5) is 6.94. The van der Waals surface area contributed by atoms with Gasteiger partial charge in [-0.3, -0.25) is 4.68 Å². The lowest BCUT2D eigenvalue weighted by Crippen LogP contribution is -2.16. The molecule has 1 aromatic carbocycles. The Balaban J connectivity index is 0.00000156. The van der Waals surface area contributed by atoms with Gasteiger partial charge in [0.05, 0.1) is 22.3 Å². The summed E-state index contributed by atoms with van der Waals surface area (Å²) in [6, 6.07) is 5.85. The van der Waals surface area contributed by atoms with Crippen molar-refractivity contribution in [3.63, 3.8) is 0 Å². The fourth-order valence-corrected chi connectivity index (χ4v) is 3.08. The van der Waals surface area contributed by atoms with E-state index in [0.717, 1.165) is 52.8 Å². The lowest BCUT2D eigenvalue weighted by Gasteiger charge is -2.14. The van der Waals surface area contributed by atoms with Crippen LogP contribution in [0.5, 0.6) is 0 Å². The lowest BCUT2D eigenvalue weighted by atomic mass is 10.1. The van der Waals surface area contributed by atoms with Gasteiger partial charge < -0.3 is 10.2 Å². The van der Waals surface area contributed by atoms with Crippen LogP contribution in [0, 0.1) is 6.92 Å². The Labute approximate surface area is 165 Å². The van der Waals surface area contributed by atoms with E-state index in [4.69, 9.17) is 16.6 Å². The SMILES string of the molecule is Cc1nn(C)c2nc3cc(Cl)ccc3c(NCCCN(C)C)c12.Cl.Cl. The molecule has 0 unspecified atom stereocenters. The largest absolute Gasteiger partial charge is 0.384 e. The number of aromatic nitrogens is 3. The number of anilines is 1. The second kappa shape index (κ2) is 8.90. The van der Waals surface area contributed by atoms with Gasteiger partial charge >= 0.3 is 0 Å². The summed E-state index contributed by atoms with van der Waals surface area (Å²) < 4.78 is 1.83. The van der Waals surface area contributed by atoms with Gasteiger partial charge in [0.2, 0.25) is 0 Å². The molecular weight excluding hydrogens is 381 g/mol. The van der Waals surface area contributed by atoms with Crippen molar-refractivity contribution >= 4 is 64.0 Å². The topological polar surface area (TPSA) is 46.0 Å². The highest BCUT2D eigenvalue weighted by Crippen LogP contribution is 2.33. The molecule has 0 amide bonds. The number of nitrogens with one attached hydrogen (secondary N) is 1. The van der Waals surface area contributed by atoms with Crippen LogP contribution in [-0.4, -0.2) is 46.8 Å². The quantitative estimate of drug-likeness (QED) is 0.644.